The number of nitrogens with zero attached hydrogens (tertiary/aromatic N) is 2. The van der Waals surface area contributed by atoms with Crippen molar-refractivity contribution in [2.75, 3.05) is 28.8 Å². The standard InChI is InChI=1S/C25H26N2O4S/c1-14-9-17-15(2)12-24(3,4)27-22(17)18(10-14)25(23(27)29)26(21(28)13-32-25)16-5-6-19-20(11-16)31-8-7-30-19/h5-6,9-11,15H,7-8,12-13H2,1-4H3/t15-,25+/m0/s1. The van der Waals surface area contributed by atoms with Gasteiger partial charge in [0.25, 0.3) is 5.91 Å². The molecule has 7 heteroatoms. The highest BCUT2D eigenvalue weighted by molar-refractivity contribution is 8.02. The van der Waals surface area contributed by atoms with Gasteiger partial charge in [0.15, 0.2) is 11.5 Å². The summed E-state index contributed by atoms with van der Waals surface area (Å²) >= 11 is 1.43. The van der Waals surface area contributed by atoms with Crippen LogP contribution in [0.25, 0.3) is 0 Å². The van der Waals surface area contributed by atoms with E-state index in [0.717, 1.165) is 23.2 Å². The van der Waals surface area contributed by atoms with Crippen LogP contribution < -0.4 is 19.3 Å². The van der Waals surface area contributed by atoms with Crippen molar-refractivity contribution in [3.63, 3.8) is 0 Å². The van der Waals surface area contributed by atoms with Crippen LogP contribution in [0.4, 0.5) is 11.4 Å². The molecule has 6 nitrogen and oxygen atoms in total. The first-order valence-corrected chi connectivity index (χ1v) is 12.1. The number of hydrogen-bond acceptors (Lipinski definition) is 5. The van der Waals surface area contributed by atoms with Gasteiger partial charge in [0.2, 0.25) is 10.8 Å². The van der Waals surface area contributed by atoms with Crippen LogP contribution in [-0.4, -0.2) is 36.3 Å². The number of thioether (sulfide) groups is 1. The number of aryl methyl sites for hydroxylation is 1. The molecule has 0 bridgehead atoms. The van der Waals surface area contributed by atoms with Crippen molar-refractivity contribution in [1.82, 2.24) is 0 Å². The minimum absolute atomic E-state index is 0.0259. The van der Waals surface area contributed by atoms with Crippen molar-refractivity contribution in [2.24, 2.45) is 0 Å². The average Bonchev–Trinajstić information content (AvgIpc) is 3.22. The van der Waals surface area contributed by atoms with E-state index in [1.807, 2.05) is 23.1 Å². The zero-order chi connectivity index (χ0) is 22.4. The minimum atomic E-state index is -1.10. The second-order valence-electron chi connectivity index (χ2n) is 9.80. The maximum Gasteiger partial charge on any atom is 0.269 e. The number of anilines is 2. The summed E-state index contributed by atoms with van der Waals surface area (Å²) in [5.41, 5.74) is 4.57. The third-order valence-electron chi connectivity index (χ3n) is 7.06. The first-order chi connectivity index (χ1) is 15.2. The van der Waals surface area contributed by atoms with E-state index < -0.39 is 4.87 Å². The molecule has 4 heterocycles. The highest BCUT2D eigenvalue weighted by Crippen LogP contribution is 2.61. The number of ether oxygens (including phenoxy) is 2. The molecule has 6 rings (SSSR count). The van der Waals surface area contributed by atoms with Gasteiger partial charge < -0.3 is 14.4 Å². The molecule has 1 fully saturated rings. The number of carbonyl (C=O) groups excluding carboxylic acids is 2. The van der Waals surface area contributed by atoms with E-state index in [-0.39, 0.29) is 23.1 Å². The molecule has 2 aromatic rings. The predicted molar refractivity (Wildman–Crippen MR) is 125 cm³/mol. The molecule has 0 radical (unpaired) electrons. The van der Waals surface area contributed by atoms with Gasteiger partial charge in [0.05, 0.1) is 11.4 Å². The SMILES string of the molecule is Cc1cc2c3c(c1)[C@@]1(SCC(=O)N1c1ccc4c(c1)OCCO4)C(=O)N3C(C)(C)C[C@@H]2C. The van der Waals surface area contributed by atoms with Gasteiger partial charge in [-0.05, 0) is 50.8 Å². The van der Waals surface area contributed by atoms with Gasteiger partial charge in [-0.3, -0.25) is 14.5 Å². The molecule has 0 aliphatic carbocycles. The molecule has 4 aliphatic rings. The predicted octanol–water partition coefficient (Wildman–Crippen LogP) is 4.33. The molecule has 2 amide bonds. The van der Waals surface area contributed by atoms with E-state index in [9.17, 15) is 9.59 Å². The highest BCUT2D eigenvalue weighted by Gasteiger charge is 2.64. The van der Waals surface area contributed by atoms with Gasteiger partial charge in [0, 0.05) is 22.9 Å². The number of rotatable bonds is 1. The molecule has 0 N–H and O–H groups in total. The van der Waals surface area contributed by atoms with Gasteiger partial charge in [-0.15, -0.1) is 11.8 Å². The van der Waals surface area contributed by atoms with Crippen LogP contribution in [-0.2, 0) is 14.5 Å². The molecule has 166 valence electrons. The second-order valence-corrected chi connectivity index (χ2v) is 11.0. The first-order valence-electron chi connectivity index (χ1n) is 11.1. The van der Waals surface area contributed by atoms with Gasteiger partial charge in [-0.2, -0.15) is 0 Å². The zero-order valence-electron chi connectivity index (χ0n) is 18.7. The maximum absolute atomic E-state index is 14.3. The molecule has 0 aromatic heterocycles. The van der Waals surface area contributed by atoms with Crippen LogP contribution in [0, 0.1) is 6.92 Å². The number of benzene rings is 2. The van der Waals surface area contributed by atoms with Crippen LogP contribution in [0.5, 0.6) is 11.5 Å². The van der Waals surface area contributed by atoms with Crippen molar-refractivity contribution in [1.29, 1.82) is 0 Å². The van der Waals surface area contributed by atoms with Gasteiger partial charge >= 0.3 is 0 Å². The largest absolute Gasteiger partial charge is 0.486 e. The summed E-state index contributed by atoms with van der Waals surface area (Å²) in [6.07, 6.45) is 0.882. The summed E-state index contributed by atoms with van der Waals surface area (Å²) in [7, 11) is 0. The van der Waals surface area contributed by atoms with Crippen LogP contribution in [0.3, 0.4) is 0 Å². The zero-order valence-corrected chi connectivity index (χ0v) is 19.5. The molecule has 0 unspecified atom stereocenters. The molecule has 32 heavy (non-hydrogen) atoms. The van der Waals surface area contributed by atoms with Crippen LogP contribution in [0.15, 0.2) is 30.3 Å². The van der Waals surface area contributed by atoms with Crippen LogP contribution in [0.2, 0.25) is 0 Å². The molecule has 2 atom stereocenters. The Balaban J connectivity index is 1.59. The first kappa shape index (κ1) is 20.0. The van der Waals surface area contributed by atoms with Crippen molar-refractivity contribution >= 4 is 35.0 Å². The van der Waals surface area contributed by atoms with E-state index in [1.54, 1.807) is 4.90 Å². The Labute approximate surface area is 191 Å². The van der Waals surface area contributed by atoms with E-state index in [2.05, 4.69) is 39.8 Å². The lowest BCUT2D eigenvalue weighted by Gasteiger charge is -2.44. The molecule has 1 saturated heterocycles. The number of hydrogen-bond donors (Lipinski definition) is 0. The Morgan fingerprint density at radius 3 is 2.56 bits per heavy atom. The lowest BCUT2D eigenvalue weighted by molar-refractivity contribution is -0.124. The molecular weight excluding hydrogens is 424 g/mol. The molecule has 0 saturated carbocycles. The Morgan fingerprint density at radius 2 is 1.78 bits per heavy atom. The normalized spacial score (nSPS) is 27.3. The minimum Gasteiger partial charge on any atom is -0.486 e. The van der Waals surface area contributed by atoms with Gasteiger partial charge in [-0.25, -0.2) is 0 Å². The number of amides is 2. The summed E-state index contributed by atoms with van der Waals surface area (Å²) < 4.78 is 11.4. The summed E-state index contributed by atoms with van der Waals surface area (Å²) in [6.45, 7) is 9.53. The average molecular weight is 451 g/mol. The van der Waals surface area contributed by atoms with Gasteiger partial charge in [0.1, 0.15) is 13.2 Å². The molecular formula is C25H26N2O4S. The monoisotopic (exact) mass is 450 g/mol. The highest BCUT2D eigenvalue weighted by atomic mass is 32.2. The number of fused-ring (bicyclic) bond motifs is 2. The fourth-order valence-electron chi connectivity index (χ4n) is 5.91. The Morgan fingerprint density at radius 1 is 1.03 bits per heavy atom. The van der Waals surface area contributed by atoms with Crippen molar-refractivity contribution in [3.8, 4) is 11.5 Å². The van der Waals surface area contributed by atoms with E-state index in [0.29, 0.717) is 36.3 Å². The summed E-state index contributed by atoms with van der Waals surface area (Å²) in [5, 5.41) is 0. The molecule has 2 aromatic carbocycles. The molecule has 1 spiro atoms. The van der Waals surface area contributed by atoms with Crippen molar-refractivity contribution in [2.45, 2.75) is 50.4 Å². The maximum atomic E-state index is 14.3. The fraction of sp³-hybridized carbons (Fsp3) is 0.440. The third kappa shape index (κ3) is 2.43. The van der Waals surface area contributed by atoms with E-state index in [1.165, 1.54) is 17.3 Å². The quantitative estimate of drug-likeness (QED) is 0.647. The topological polar surface area (TPSA) is 59.1 Å². The fourth-order valence-corrected chi connectivity index (χ4v) is 7.23. The third-order valence-corrected chi connectivity index (χ3v) is 8.45. The number of carbonyl (C=O) groups is 2. The van der Waals surface area contributed by atoms with E-state index >= 15 is 0 Å². The Hall–Kier alpha value is -2.67. The van der Waals surface area contributed by atoms with Crippen LogP contribution >= 0.6 is 11.8 Å². The summed E-state index contributed by atoms with van der Waals surface area (Å²) in [5.74, 6) is 1.77. The smallest absolute Gasteiger partial charge is 0.269 e. The Bertz CT molecular complexity index is 1190. The van der Waals surface area contributed by atoms with Gasteiger partial charge in [-0.1, -0.05) is 24.6 Å². The lowest BCUT2D eigenvalue weighted by Crippen LogP contribution is -2.56. The summed E-state index contributed by atoms with van der Waals surface area (Å²) in [6, 6.07) is 9.82. The van der Waals surface area contributed by atoms with Crippen molar-refractivity contribution < 1.29 is 19.1 Å². The Kier molecular flexibility index (Phi) is 4.02. The van der Waals surface area contributed by atoms with E-state index in [4.69, 9.17) is 9.47 Å². The second kappa shape index (κ2) is 6.44. The summed E-state index contributed by atoms with van der Waals surface area (Å²) in [4.78, 5) is 30.2. The van der Waals surface area contributed by atoms with Crippen molar-refractivity contribution in [3.05, 3.63) is 47.0 Å². The molecule has 4 aliphatic heterocycles. The van der Waals surface area contributed by atoms with Crippen LogP contribution in [0.1, 0.15) is 49.8 Å². The lowest BCUT2D eigenvalue weighted by atomic mass is 9.80.